The van der Waals surface area contributed by atoms with Crippen LogP contribution in [0.3, 0.4) is 0 Å². The summed E-state index contributed by atoms with van der Waals surface area (Å²) in [5, 5.41) is 9.27. The zero-order valence-electron chi connectivity index (χ0n) is 14.8. The van der Waals surface area contributed by atoms with Crippen molar-refractivity contribution in [2.45, 2.75) is 26.1 Å². The van der Waals surface area contributed by atoms with E-state index in [1.165, 1.54) is 18.2 Å². The lowest BCUT2D eigenvalue weighted by Crippen LogP contribution is -2.24. The van der Waals surface area contributed by atoms with E-state index in [-0.39, 0.29) is 32.9 Å². The molecule has 0 saturated carbocycles. The first-order valence-electron chi connectivity index (χ1n) is 8.07. The van der Waals surface area contributed by atoms with Gasteiger partial charge in [-0.15, -0.1) is 0 Å². The molecule has 0 N–H and O–H groups in total. The smallest absolute Gasteiger partial charge is 0.416 e. The molecule has 0 aromatic heterocycles. The number of benzene rings is 2. The molecule has 0 radical (unpaired) electrons. The van der Waals surface area contributed by atoms with Crippen LogP contribution >= 0.6 is 23.8 Å². The van der Waals surface area contributed by atoms with Crippen LogP contribution in [0.25, 0.3) is 0 Å². The maximum Gasteiger partial charge on any atom is 0.416 e. The number of hydrogen-bond acceptors (Lipinski definition) is 5. The average molecular weight is 430 g/mol. The van der Waals surface area contributed by atoms with E-state index in [9.17, 15) is 18.4 Å². The van der Waals surface area contributed by atoms with Crippen molar-refractivity contribution in [3.63, 3.8) is 0 Å². The summed E-state index contributed by atoms with van der Waals surface area (Å²) in [7, 11) is 0. The highest BCUT2D eigenvalue weighted by molar-refractivity contribution is 7.80. The van der Waals surface area contributed by atoms with Crippen LogP contribution in [0.5, 0.6) is 17.2 Å². The van der Waals surface area contributed by atoms with Gasteiger partial charge in [0.2, 0.25) is 5.05 Å². The molecule has 0 aliphatic heterocycles. The molecule has 1 atom stereocenters. The first kappa shape index (κ1) is 21.8. The van der Waals surface area contributed by atoms with Gasteiger partial charge in [-0.25, -0.2) is 0 Å². The molecular formula is C19H15ClF3NO3S. The summed E-state index contributed by atoms with van der Waals surface area (Å²) in [4.78, 5) is 0. The third kappa shape index (κ3) is 5.50. The predicted octanol–water partition coefficient (Wildman–Crippen LogP) is 6.15. The molecule has 0 heterocycles. The number of thiocarbonyl (C=S) groups is 1. The second kappa shape index (κ2) is 9.13. The Labute approximate surface area is 170 Å². The SMILES string of the molecule is CCOC(=S)C(C)Oc1cc(Oc2ccc(C(F)(F)F)cc2Cl)ccc1C#N. The Morgan fingerprint density at radius 3 is 2.50 bits per heavy atom. The molecule has 2 rings (SSSR count). The zero-order valence-corrected chi connectivity index (χ0v) is 16.4. The minimum Gasteiger partial charge on any atom is -0.484 e. The summed E-state index contributed by atoms with van der Waals surface area (Å²) in [6.45, 7) is 3.83. The van der Waals surface area contributed by atoms with Gasteiger partial charge in [0.25, 0.3) is 0 Å². The summed E-state index contributed by atoms with van der Waals surface area (Å²) < 4.78 is 54.6. The lowest BCUT2D eigenvalue weighted by atomic mass is 10.2. The number of halogens is 4. The second-order valence-corrected chi connectivity index (χ2v) is 6.34. The second-order valence-electron chi connectivity index (χ2n) is 5.53. The van der Waals surface area contributed by atoms with Gasteiger partial charge in [0.05, 0.1) is 22.8 Å². The molecule has 0 aliphatic rings. The maximum absolute atomic E-state index is 12.7. The molecular weight excluding hydrogens is 415 g/mol. The van der Waals surface area contributed by atoms with E-state index in [0.717, 1.165) is 18.2 Å². The molecule has 0 saturated heterocycles. The van der Waals surface area contributed by atoms with Crippen molar-refractivity contribution in [1.82, 2.24) is 0 Å². The van der Waals surface area contributed by atoms with Crippen molar-refractivity contribution in [1.29, 1.82) is 5.26 Å². The van der Waals surface area contributed by atoms with E-state index in [0.29, 0.717) is 6.61 Å². The Bertz CT molecular complexity index is 912. The Morgan fingerprint density at radius 2 is 1.93 bits per heavy atom. The largest absolute Gasteiger partial charge is 0.484 e. The fourth-order valence-corrected chi connectivity index (χ4v) is 2.53. The highest BCUT2D eigenvalue weighted by atomic mass is 35.5. The lowest BCUT2D eigenvalue weighted by molar-refractivity contribution is -0.137. The van der Waals surface area contributed by atoms with Gasteiger partial charge in [-0.2, -0.15) is 18.4 Å². The van der Waals surface area contributed by atoms with Crippen molar-refractivity contribution < 1.29 is 27.4 Å². The van der Waals surface area contributed by atoms with E-state index in [1.54, 1.807) is 13.8 Å². The minimum atomic E-state index is -4.51. The molecule has 2 aromatic carbocycles. The van der Waals surface area contributed by atoms with E-state index in [1.807, 2.05) is 6.07 Å². The molecule has 9 heteroatoms. The fourth-order valence-electron chi connectivity index (χ4n) is 2.14. The van der Waals surface area contributed by atoms with Crippen molar-refractivity contribution in [2.75, 3.05) is 6.61 Å². The standard InChI is InChI=1S/C19H15ClF3NO3S/c1-3-25-18(28)11(2)26-17-9-14(6-4-12(17)10-24)27-16-7-5-13(8-15(16)20)19(21,22)23/h4-9,11H,3H2,1-2H3. The van der Waals surface area contributed by atoms with Crippen LogP contribution in [-0.2, 0) is 10.9 Å². The Hall–Kier alpha value is -2.50. The summed E-state index contributed by atoms with van der Waals surface area (Å²) in [6, 6.07) is 9.11. The average Bonchev–Trinajstić information content (AvgIpc) is 2.63. The number of rotatable bonds is 6. The maximum atomic E-state index is 12.7. The molecule has 2 aromatic rings. The number of alkyl halides is 3. The van der Waals surface area contributed by atoms with Crippen molar-refractivity contribution in [2.24, 2.45) is 0 Å². The van der Waals surface area contributed by atoms with Crippen LogP contribution in [0.15, 0.2) is 36.4 Å². The van der Waals surface area contributed by atoms with E-state index < -0.39 is 17.8 Å². The molecule has 0 bridgehead atoms. The van der Waals surface area contributed by atoms with E-state index in [2.05, 4.69) is 0 Å². The van der Waals surface area contributed by atoms with E-state index in [4.69, 9.17) is 38.0 Å². The zero-order chi connectivity index (χ0) is 20.9. The molecule has 1 unspecified atom stereocenters. The third-order valence-corrected chi connectivity index (χ3v) is 4.23. The van der Waals surface area contributed by atoms with Gasteiger partial charge in [-0.05, 0) is 56.4 Å². The number of hydrogen-bond donors (Lipinski definition) is 0. The van der Waals surface area contributed by atoms with E-state index >= 15 is 0 Å². The first-order valence-corrected chi connectivity index (χ1v) is 8.86. The molecule has 0 fully saturated rings. The molecule has 4 nitrogen and oxygen atoms in total. The van der Waals surface area contributed by atoms with Crippen molar-refractivity contribution in [3.8, 4) is 23.3 Å². The number of ether oxygens (including phenoxy) is 3. The monoisotopic (exact) mass is 429 g/mol. The summed E-state index contributed by atoms with van der Waals surface area (Å²) >= 11 is 11.0. The Kier molecular flexibility index (Phi) is 7.11. The molecule has 28 heavy (non-hydrogen) atoms. The summed E-state index contributed by atoms with van der Waals surface area (Å²) in [6.07, 6.45) is -5.11. The quantitative estimate of drug-likeness (QED) is 0.515. The van der Waals surface area contributed by atoms with Crippen LogP contribution in [-0.4, -0.2) is 17.8 Å². The lowest BCUT2D eigenvalue weighted by Gasteiger charge is -2.17. The van der Waals surface area contributed by atoms with Gasteiger partial charge >= 0.3 is 6.18 Å². The van der Waals surface area contributed by atoms with Crippen molar-refractivity contribution in [3.05, 3.63) is 52.5 Å². The van der Waals surface area contributed by atoms with Gasteiger partial charge in [-0.1, -0.05) is 11.6 Å². The third-order valence-electron chi connectivity index (χ3n) is 3.48. The van der Waals surface area contributed by atoms with Gasteiger partial charge in [-0.3, -0.25) is 0 Å². The van der Waals surface area contributed by atoms with Crippen LogP contribution < -0.4 is 9.47 Å². The van der Waals surface area contributed by atoms with Gasteiger partial charge < -0.3 is 14.2 Å². The van der Waals surface area contributed by atoms with Crippen molar-refractivity contribution >= 4 is 28.9 Å². The normalized spacial score (nSPS) is 12.0. The fraction of sp³-hybridized carbons (Fsp3) is 0.263. The minimum absolute atomic E-state index is 0.0307. The highest BCUT2D eigenvalue weighted by Crippen LogP contribution is 2.37. The van der Waals surface area contributed by atoms with Crippen LogP contribution in [0.1, 0.15) is 25.0 Å². The first-order chi connectivity index (χ1) is 13.2. The molecule has 0 amide bonds. The molecule has 0 spiro atoms. The number of nitrogens with zero attached hydrogens (tertiary/aromatic N) is 1. The summed E-state index contributed by atoms with van der Waals surface area (Å²) in [5.41, 5.74) is -0.649. The Balaban J connectivity index is 2.26. The molecule has 0 aliphatic carbocycles. The van der Waals surface area contributed by atoms with Crippen LogP contribution in [0.4, 0.5) is 13.2 Å². The summed E-state index contributed by atoms with van der Waals surface area (Å²) in [5.74, 6) is 0.450. The van der Waals surface area contributed by atoms with Gasteiger partial charge in [0, 0.05) is 6.07 Å². The van der Waals surface area contributed by atoms with Gasteiger partial charge in [0.1, 0.15) is 23.3 Å². The number of nitriles is 1. The Morgan fingerprint density at radius 1 is 1.21 bits per heavy atom. The predicted molar refractivity (Wildman–Crippen MR) is 102 cm³/mol. The molecule has 148 valence electrons. The van der Waals surface area contributed by atoms with Crippen LogP contribution in [0, 0.1) is 11.3 Å². The highest BCUT2D eigenvalue weighted by Gasteiger charge is 2.31. The van der Waals surface area contributed by atoms with Gasteiger partial charge in [0.15, 0.2) is 6.10 Å². The van der Waals surface area contributed by atoms with Crippen LogP contribution in [0.2, 0.25) is 5.02 Å². The topological polar surface area (TPSA) is 51.5 Å².